The Labute approximate surface area is 152 Å². The van der Waals surface area contributed by atoms with Crippen LogP contribution in [0.1, 0.15) is 5.56 Å². The third-order valence-electron chi connectivity index (χ3n) is 5.03. The second-order valence-electron chi connectivity index (χ2n) is 6.67. The van der Waals surface area contributed by atoms with Crippen LogP contribution in [0.4, 0.5) is 5.69 Å². The predicted molar refractivity (Wildman–Crippen MR) is 105 cm³/mol. The number of hydrogen-bond donors (Lipinski definition) is 1. The molecule has 1 aliphatic rings. The first-order chi connectivity index (χ1) is 12.7. The number of aromatic nitrogens is 1. The van der Waals surface area contributed by atoms with Crippen molar-refractivity contribution in [3.05, 3.63) is 70.5 Å². The Balaban J connectivity index is 1.42. The van der Waals surface area contributed by atoms with Gasteiger partial charge in [0.05, 0.1) is 7.11 Å². The smallest absolute Gasteiger partial charge is 0.252 e. The van der Waals surface area contributed by atoms with E-state index < -0.39 is 0 Å². The van der Waals surface area contributed by atoms with Crippen molar-refractivity contribution in [2.45, 2.75) is 6.54 Å². The molecule has 4 rings (SSSR count). The molecule has 5 nitrogen and oxygen atoms in total. The van der Waals surface area contributed by atoms with Crippen LogP contribution in [-0.4, -0.2) is 43.2 Å². The standard InChI is InChI=1S/C21H23N3O2/c1-26-19-8-6-18(7-9-19)24-12-10-23(11-13-24)15-17-14-16-4-2-3-5-20(16)22-21(17)25/h2-9,14H,10-13,15H2,1H3,(H,22,25). The summed E-state index contributed by atoms with van der Waals surface area (Å²) >= 11 is 0. The summed E-state index contributed by atoms with van der Waals surface area (Å²) in [6.07, 6.45) is 0. The van der Waals surface area contributed by atoms with Crippen molar-refractivity contribution in [3.63, 3.8) is 0 Å². The number of benzene rings is 2. The first-order valence-electron chi connectivity index (χ1n) is 8.95. The van der Waals surface area contributed by atoms with E-state index in [1.54, 1.807) is 7.11 Å². The van der Waals surface area contributed by atoms with Crippen molar-refractivity contribution < 1.29 is 4.74 Å². The van der Waals surface area contributed by atoms with Crippen molar-refractivity contribution >= 4 is 16.6 Å². The zero-order valence-electron chi connectivity index (χ0n) is 14.9. The van der Waals surface area contributed by atoms with Gasteiger partial charge in [0.25, 0.3) is 5.56 Å². The number of H-pyrrole nitrogens is 1. The fraction of sp³-hybridized carbons (Fsp3) is 0.286. The Morgan fingerprint density at radius 2 is 1.73 bits per heavy atom. The summed E-state index contributed by atoms with van der Waals surface area (Å²) in [5, 5.41) is 1.08. The SMILES string of the molecule is COc1ccc(N2CCN(Cc3cc4ccccc4[nH]c3=O)CC2)cc1. The maximum Gasteiger partial charge on any atom is 0.252 e. The third-order valence-corrected chi connectivity index (χ3v) is 5.03. The second-order valence-corrected chi connectivity index (χ2v) is 6.67. The van der Waals surface area contributed by atoms with Crippen molar-refractivity contribution in [2.75, 3.05) is 38.2 Å². The van der Waals surface area contributed by atoms with Crippen LogP contribution >= 0.6 is 0 Å². The molecule has 5 heteroatoms. The Hall–Kier alpha value is -2.79. The summed E-state index contributed by atoms with van der Waals surface area (Å²) in [5.41, 5.74) is 2.96. The number of nitrogens with one attached hydrogen (secondary N) is 1. The lowest BCUT2D eigenvalue weighted by Gasteiger charge is -2.36. The van der Waals surface area contributed by atoms with Crippen LogP contribution in [0.3, 0.4) is 0 Å². The van der Waals surface area contributed by atoms with Gasteiger partial charge < -0.3 is 14.6 Å². The van der Waals surface area contributed by atoms with Crippen LogP contribution in [0, 0.1) is 0 Å². The summed E-state index contributed by atoms with van der Waals surface area (Å²) in [4.78, 5) is 20.1. The minimum atomic E-state index is 0.0151. The van der Waals surface area contributed by atoms with Gasteiger partial charge in [-0.05, 0) is 41.8 Å². The Kier molecular flexibility index (Phi) is 4.63. The monoisotopic (exact) mass is 349 g/mol. The molecule has 0 amide bonds. The maximum atomic E-state index is 12.3. The topological polar surface area (TPSA) is 48.6 Å². The number of aromatic amines is 1. The van der Waals surface area contributed by atoms with Gasteiger partial charge in [-0.3, -0.25) is 9.69 Å². The fourth-order valence-corrected chi connectivity index (χ4v) is 3.51. The second kappa shape index (κ2) is 7.22. The molecule has 1 aliphatic heterocycles. The number of nitrogens with zero attached hydrogens (tertiary/aromatic N) is 2. The van der Waals surface area contributed by atoms with Crippen LogP contribution < -0.4 is 15.2 Å². The van der Waals surface area contributed by atoms with Gasteiger partial charge in [-0.25, -0.2) is 0 Å². The fourth-order valence-electron chi connectivity index (χ4n) is 3.51. The molecule has 1 saturated heterocycles. The van der Waals surface area contributed by atoms with Gasteiger partial charge in [0.15, 0.2) is 0 Å². The molecule has 2 heterocycles. The largest absolute Gasteiger partial charge is 0.497 e. The number of fused-ring (bicyclic) bond motifs is 1. The lowest BCUT2D eigenvalue weighted by atomic mass is 10.1. The summed E-state index contributed by atoms with van der Waals surface area (Å²) in [6, 6.07) is 18.1. The van der Waals surface area contributed by atoms with Gasteiger partial charge in [0.2, 0.25) is 0 Å². The van der Waals surface area contributed by atoms with Gasteiger partial charge in [-0.2, -0.15) is 0 Å². The van der Waals surface area contributed by atoms with E-state index in [0.717, 1.165) is 48.4 Å². The number of ether oxygens (including phenoxy) is 1. The van der Waals surface area contributed by atoms with Crippen molar-refractivity contribution in [1.82, 2.24) is 9.88 Å². The molecule has 0 spiro atoms. The normalized spacial score (nSPS) is 15.3. The Morgan fingerprint density at radius 3 is 2.46 bits per heavy atom. The predicted octanol–water partition coefficient (Wildman–Crippen LogP) is 2.86. The number of methoxy groups -OCH3 is 1. The molecule has 134 valence electrons. The molecule has 26 heavy (non-hydrogen) atoms. The third kappa shape index (κ3) is 3.44. The molecule has 1 fully saturated rings. The van der Waals surface area contributed by atoms with Crippen molar-refractivity contribution in [3.8, 4) is 5.75 Å². The molecule has 0 saturated carbocycles. The van der Waals surface area contributed by atoms with Gasteiger partial charge in [-0.1, -0.05) is 18.2 Å². The van der Waals surface area contributed by atoms with Crippen LogP contribution in [-0.2, 0) is 6.54 Å². The first kappa shape index (κ1) is 16.7. The summed E-state index contributed by atoms with van der Waals surface area (Å²) in [7, 11) is 1.68. The summed E-state index contributed by atoms with van der Waals surface area (Å²) in [5.74, 6) is 0.878. The summed E-state index contributed by atoms with van der Waals surface area (Å²) < 4.78 is 5.22. The lowest BCUT2D eigenvalue weighted by molar-refractivity contribution is 0.249. The van der Waals surface area contributed by atoms with Gasteiger partial charge in [0.1, 0.15) is 5.75 Å². The highest BCUT2D eigenvalue weighted by molar-refractivity contribution is 5.78. The molecule has 0 aliphatic carbocycles. The number of rotatable bonds is 4. The maximum absolute atomic E-state index is 12.3. The van der Waals surface area contributed by atoms with Crippen LogP contribution in [0.2, 0.25) is 0 Å². The number of hydrogen-bond acceptors (Lipinski definition) is 4. The highest BCUT2D eigenvalue weighted by Crippen LogP contribution is 2.21. The van der Waals surface area contributed by atoms with Gasteiger partial charge in [-0.15, -0.1) is 0 Å². The van der Waals surface area contributed by atoms with E-state index in [9.17, 15) is 4.79 Å². The lowest BCUT2D eigenvalue weighted by Crippen LogP contribution is -2.46. The van der Waals surface area contributed by atoms with Gasteiger partial charge >= 0.3 is 0 Å². The molecule has 2 aromatic carbocycles. The van der Waals surface area contributed by atoms with Crippen LogP contribution in [0.5, 0.6) is 5.75 Å². The van der Waals surface area contributed by atoms with Crippen molar-refractivity contribution in [2.24, 2.45) is 0 Å². The molecule has 1 N–H and O–H groups in total. The van der Waals surface area contributed by atoms with E-state index in [2.05, 4.69) is 26.9 Å². The van der Waals surface area contributed by atoms with E-state index >= 15 is 0 Å². The van der Waals surface area contributed by atoms with E-state index in [-0.39, 0.29) is 5.56 Å². The molecule has 0 unspecified atom stereocenters. The number of anilines is 1. The first-order valence-corrected chi connectivity index (χ1v) is 8.95. The Bertz CT molecular complexity index is 941. The number of piperazine rings is 1. The molecule has 0 radical (unpaired) electrons. The molecule has 0 atom stereocenters. The molecule has 0 bridgehead atoms. The molecule has 3 aromatic rings. The van der Waals surface area contributed by atoms with Crippen molar-refractivity contribution in [1.29, 1.82) is 0 Å². The summed E-state index contributed by atoms with van der Waals surface area (Å²) in [6.45, 7) is 4.49. The average molecular weight is 349 g/mol. The molecular weight excluding hydrogens is 326 g/mol. The number of pyridine rings is 1. The minimum Gasteiger partial charge on any atom is -0.497 e. The minimum absolute atomic E-state index is 0.0151. The average Bonchev–Trinajstić information content (AvgIpc) is 2.69. The number of para-hydroxylation sites is 1. The molecular formula is C21H23N3O2. The van der Waals surface area contributed by atoms with E-state index in [4.69, 9.17) is 4.74 Å². The molecule has 1 aromatic heterocycles. The zero-order valence-corrected chi connectivity index (χ0v) is 14.9. The van der Waals surface area contributed by atoms with Crippen LogP contribution in [0.15, 0.2) is 59.4 Å². The van der Waals surface area contributed by atoms with E-state index in [0.29, 0.717) is 6.54 Å². The van der Waals surface area contributed by atoms with E-state index in [1.165, 1.54) is 5.69 Å². The highest BCUT2D eigenvalue weighted by Gasteiger charge is 2.18. The van der Waals surface area contributed by atoms with Gasteiger partial charge in [0, 0.05) is 49.5 Å². The van der Waals surface area contributed by atoms with E-state index in [1.807, 2.05) is 42.5 Å². The quantitative estimate of drug-likeness (QED) is 0.787. The highest BCUT2D eigenvalue weighted by atomic mass is 16.5. The Morgan fingerprint density at radius 1 is 1.00 bits per heavy atom. The zero-order chi connectivity index (χ0) is 17.9. The van der Waals surface area contributed by atoms with Crippen LogP contribution in [0.25, 0.3) is 10.9 Å².